The number of hydrogen-bond donors (Lipinski definition) is 1. The summed E-state index contributed by atoms with van der Waals surface area (Å²) in [6.07, 6.45) is 7.03. The van der Waals surface area contributed by atoms with E-state index in [0.717, 1.165) is 18.4 Å². The molecule has 1 N–H and O–H groups in total. The summed E-state index contributed by atoms with van der Waals surface area (Å²) in [5, 5.41) is 3.64. The second-order valence-electron chi connectivity index (χ2n) is 5.33. The fourth-order valence-electron chi connectivity index (χ4n) is 2.16. The summed E-state index contributed by atoms with van der Waals surface area (Å²) in [6.45, 7) is 14.8. The lowest BCUT2D eigenvalue weighted by atomic mass is 9.90. The van der Waals surface area contributed by atoms with E-state index in [1.807, 2.05) is 0 Å². The number of nitrogens with one attached hydrogen (secondary N) is 1. The molecule has 3 unspecified atom stereocenters. The van der Waals surface area contributed by atoms with Gasteiger partial charge in [0.25, 0.3) is 0 Å². The van der Waals surface area contributed by atoms with Gasteiger partial charge in [-0.05, 0) is 44.6 Å². The van der Waals surface area contributed by atoms with E-state index in [-0.39, 0.29) is 0 Å². The predicted octanol–water partition coefficient (Wildman–Crippen LogP) is 4.25. The van der Waals surface area contributed by atoms with Crippen LogP contribution in [0, 0.1) is 17.8 Å². The van der Waals surface area contributed by atoms with Crippen molar-refractivity contribution in [3.05, 3.63) is 12.2 Å². The molecule has 0 amide bonds. The summed E-state index contributed by atoms with van der Waals surface area (Å²) in [5.41, 5.74) is 0. The van der Waals surface area contributed by atoms with Crippen LogP contribution in [0.1, 0.15) is 54.4 Å². The lowest BCUT2D eigenvalue weighted by Crippen LogP contribution is -2.33. The van der Waals surface area contributed by atoms with Gasteiger partial charge in [0.05, 0.1) is 0 Å². The van der Waals surface area contributed by atoms with E-state index in [0.29, 0.717) is 12.0 Å². The van der Waals surface area contributed by atoms with Crippen molar-refractivity contribution in [1.82, 2.24) is 5.32 Å². The number of hydrogen-bond acceptors (Lipinski definition) is 1. The molecule has 0 aliphatic rings. The normalized spacial score (nSPS) is 17.9. The van der Waals surface area contributed by atoms with Crippen LogP contribution in [0.5, 0.6) is 0 Å². The Balaban J connectivity index is 3.79. The monoisotopic (exact) mass is 225 g/mol. The maximum Gasteiger partial charge on any atom is 0.00988 e. The maximum absolute atomic E-state index is 3.64. The van der Waals surface area contributed by atoms with Crippen molar-refractivity contribution in [1.29, 1.82) is 0 Å². The molecule has 3 atom stereocenters. The first-order chi connectivity index (χ1) is 7.52. The predicted molar refractivity (Wildman–Crippen MR) is 74.7 cm³/mol. The standard InChI is InChI=1S/C15H31N/c1-7-9-13(5)14(6)16-11-10-15(8-2)12(3)4/h7,9,12-16H,8,10-11H2,1-6H3. The lowest BCUT2D eigenvalue weighted by Gasteiger charge is -2.22. The molecule has 0 aliphatic carbocycles. The SMILES string of the molecule is CC=CC(C)C(C)NCCC(CC)C(C)C. The highest BCUT2D eigenvalue weighted by Crippen LogP contribution is 2.18. The van der Waals surface area contributed by atoms with Gasteiger partial charge in [-0.15, -0.1) is 0 Å². The van der Waals surface area contributed by atoms with Crippen LogP contribution in [0.15, 0.2) is 12.2 Å². The second kappa shape index (κ2) is 8.81. The summed E-state index contributed by atoms with van der Waals surface area (Å²) in [4.78, 5) is 0. The average Bonchev–Trinajstić information content (AvgIpc) is 2.23. The van der Waals surface area contributed by atoms with Crippen LogP contribution in [0.4, 0.5) is 0 Å². The third-order valence-corrected chi connectivity index (χ3v) is 3.73. The fourth-order valence-corrected chi connectivity index (χ4v) is 2.16. The molecular formula is C15H31N. The molecular weight excluding hydrogens is 194 g/mol. The van der Waals surface area contributed by atoms with Crippen LogP contribution >= 0.6 is 0 Å². The van der Waals surface area contributed by atoms with Gasteiger partial charge < -0.3 is 5.32 Å². The first-order valence-corrected chi connectivity index (χ1v) is 6.89. The van der Waals surface area contributed by atoms with Crippen LogP contribution in [0.2, 0.25) is 0 Å². The Labute approximate surface area is 103 Å². The molecule has 0 fully saturated rings. The van der Waals surface area contributed by atoms with Gasteiger partial charge in [-0.25, -0.2) is 0 Å². The van der Waals surface area contributed by atoms with Crippen molar-refractivity contribution < 1.29 is 0 Å². The lowest BCUT2D eigenvalue weighted by molar-refractivity contribution is 0.329. The van der Waals surface area contributed by atoms with E-state index in [1.165, 1.54) is 12.8 Å². The van der Waals surface area contributed by atoms with Crippen LogP contribution in [0.25, 0.3) is 0 Å². The van der Waals surface area contributed by atoms with E-state index in [9.17, 15) is 0 Å². The van der Waals surface area contributed by atoms with Crippen molar-refractivity contribution in [2.45, 2.75) is 60.4 Å². The molecule has 1 heteroatoms. The van der Waals surface area contributed by atoms with Gasteiger partial charge in [-0.1, -0.05) is 46.3 Å². The van der Waals surface area contributed by atoms with Crippen LogP contribution in [-0.4, -0.2) is 12.6 Å². The second-order valence-corrected chi connectivity index (χ2v) is 5.33. The first-order valence-electron chi connectivity index (χ1n) is 6.89. The quantitative estimate of drug-likeness (QED) is 0.609. The highest BCUT2D eigenvalue weighted by atomic mass is 14.9. The molecule has 0 aromatic carbocycles. The minimum absolute atomic E-state index is 0.584. The molecule has 0 spiro atoms. The summed E-state index contributed by atoms with van der Waals surface area (Å²) in [6, 6.07) is 0.584. The highest BCUT2D eigenvalue weighted by Gasteiger charge is 2.12. The minimum Gasteiger partial charge on any atom is -0.314 e. The molecule has 96 valence electrons. The Bertz CT molecular complexity index is 184. The van der Waals surface area contributed by atoms with Crippen molar-refractivity contribution in [3.63, 3.8) is 0 Å². The van der Waals surface area contributed by atoms with E-state index in [2.05, 4.69) is 59.0 Å². The largest absolute Gasteiger partial charge is 0.314 e. The summed E-state index contributed by atoms with van der Waals surface area (Å²) >= 11 is 0. The molecule has 0 aromatic rings. The molecule has 0 saturated heterocycles. The molecule has 0 radical (unpaired) electrons. The summed E-state index contributed by atoms with van der Waals surface area (Å²) in [7, 11) is 0. The number of rotatable bonds is 8. The van der Waals surface area contributed by atoms with E-state index in [4.69, 9.17) is 0 Å². The third-order valence-electron chi connectivity index (χ3n) is 3.73. The zero-order valence-electron chi connectivity index (χ0n) is 12.1. The van der Waals surface area contributed by atoms with Crippen molar-refractivity contribution in [2.24, 2.45) is 17.8 Å². The molecule has 0 saturated carbocycles. The minimum atomic E-state index is 0.584. The Morgan fingerprint density at radius 3 is 2.19 bits per heavy atom. The van der Waals surface area contributed by atoms with Crippen molar-refractivity contribution in [2.75, 3.05) is 6.54 Å². The average molecular weight is 225 g/mol. The van der Waals surface area contributed by atoms with Gasteiger partial charge in [-0.3, -0.25) is 0 Å². The maximum atomic E-state index is 3.64. The molecule has 0 bridgehead atoms. The van der Waals surface area contributed by atoms with E-state index in [1.54, 1.807) is 0 Å². The first kappa shape index (κ1) is 15.7. The molecule has 0 aliphatic heterocycles. The van der Waals surface area contributed by atoms with Gasteiger partial charge in [0.15, 0.2) is 0 Å². The number of allylic oxidation sites excluding steroid dienone is 1. The van der Waals surface area contributed by atoms with Crippen LogP contribution in [-0.2, 0) is 0 Å². The fraction of sp³-hybridized carbons (Fsp3) is 0.867. The zero-order valence-corrected chi connectivity index (χ0v) is 12.1. The molecule has 0 heterocycles. The van der Waals surface area contributed by atoms with Crippen LogP contribution < -0.4 is 5.32 Å². The molecule has 0 aromatic heterocycles. The van der Waals surface area contributed by atoms with E-state index < -0.39 is 0 Å². The molecule has 0 rings (SSSR count). The van der Waals surface area contributed by atoms with E-state index >= 15 is 0 Å². The van der Waals surface area contributed by atoms with Crippen molar-refractivity contribution >= 4 is 0 Å². The van der Waals surface area contributed by atoms with Gasteiger partial charge in [0.1, 0.15) is 0 Å². The van der Waals surface area contributed by atoms with Gasteiger partial charge in [0.2, 0.25) is 0 Å². The summed E-state index contributed by atoms with van der Waals surface area (Å²) in [5.74, 6) is 2.32. The Kier molecular flexibility index (Phi) is 8.64. The Morgan fingerprint density at radius 1 is 1.12 bits per heavy atom. The third kappa shape index (κ3) is 6.32. The van der Waals surface area contributed by atoms with Gasteiger partial charge in [-0.2, -0.15) is 0 Å². The Hall–Kier alpha value is -0.300. The smallest absolute Gasteiger partial charge is 0.00988 e. The van der Waals surface area contributed by atoms with Crippen molar-refractivity contribution in [3.8, 4) is 0 Å². The van der Waals surface area contributed by atoms with Gasteiger partial charge >= 0.3 is 0 Å². The highest BCUT2D eigenvalue weighted by molar-refractivity contribution is 4.88. The van der Waals surface area contributed by atoms with Gasteiger partial charge in [0, 0.05) is 6.04 Å². The van der Waals surface area contributed by atoms with Crippen LogP contribution in [0.3, 0.4) is 0 Å². The molecule has 1 nitrogen and oxygen atoms in total. The summed E-state index contributed by atoms with van der Waals surface area (Å²) < 4.78 is 0. The zero-order chi connectivity index (χ0) is 12.6. The Morgan fingerprint density at radius 2 is 1.75 bits per heavy atom. The topological polar surface area (TPSA) is 12.0 Å². The molecule has 16 heavy (non-hydrogen) atoms.